The molecule has 2 fully saturated rings. The fraction of sp³-hybridized carbons (Fsp3) is 1.00. The molecular formula is C6H11N. The molecule has 40 valence electrons. The van der Waals surface area contributed by atoms with Crippen LogP contribution in [0, 0.1) is 0 Å². The van der Waals surface area contributed by atoms with Crippen molar-refractivity contribution >= 4 is 0 Å². The maximum Gasteiger partial charge on any atom is 0.0252 e. The topological polar surface area (TPSA) is 3.01 Å². The molecular weight excluding hydrogens is 86.1 g/mol. The number of hydrogen-bond acceptors (Lipinski definition) is 1. The zero-order valence-corrected chi connectivity index (χ0v) is 4.72. The van der Waals surface area contributed by atoms with Crippen LogP contribution in [0.15, 0.2) is 0 Å². The Labute approximate surface area is 44.3 Å². The maximum atomic E-state index is 2.57. The first-order valence-electron chi connectivity index (χ1n) is 3.15. The Morgan fingerprint density at radius 2 is 2.43 bits per heavy atom. The Morgan fingerprint density at radius 3 is 2.71 bits per heavy atom. The van der Waals surface area contributed by atoms with Gasteiger partial charge in [0.2, 0.25) is 0 Å². The lowest BCUT2D eigenvalue weighted by molar-refractivity contribution is 0.547. The van der Waals surface area contributed by atoms with Crippen molar-refractivity contribution in [3.63, 3.8) is 0 Å². The minimum atomic E-state index is 0.953. The van der Waals surface area contributed by atoms with E-state index < -0.39 is 0 Å². The summed E-state index contributed by atoms with van der Waals surface area (Å²) >= 11 is 0. The number of fused-ring (bicyclic) bond motifs is 1. The van der Waals surface area contributed by atoms with Crippen LogP contribution in [-0.4, -0.2) is 23.5 Å². The molecule has 2 aliphatic heterocycles. The summed E-state index contributed by atoms with van der Waals surface area (Å²) in [5.74, 6) is 0. The second-order valence-corrected chi connectivity index (χ2v) is 2.69. The average Bonchev–Trinajstić information content (AvgIpc) is 2.26. The molecule has 0 saturated carbocycles. The van der Waals surface area contributed by atoms with Crippen LogP contribution in [-0.2, 0) is 0 Å². The molecule has 0 radical (unpaired) electrons. The van der Waals surface area contributed by atoms with Crippen molar-refractivity contribution in [3.8, 4) is 0 Å². The zero-order valence-electron chi connectivity index (χ0n) is 4.72. The Bertz CT molecular complexity index is 80.2. The van der Waals surface area contributed by atoms with Crippen LogP contribution in [0.3, 0.4) is 0 Å². The summed E-state index contributed by atoms with van der Waals surface area (Å²) in [6.45, 7) is 3.70. The van der Waals surface area contributed by atoms with E-state index in [9.17, 15) is 0 Å². The molecule has 3 unspecified atom stereocenters. The third-order valence-corrected chi connectivity index (χ3v) is 2.33. The van der Waals surface area contributed by atoms with E-state index >= 15 is 0 Å². The van der Waals surface area contributed by atoms with E-state index in [2.05, 4.69) is 11.8 Å². The molecule has 7 heavy (non-hydrogen) atoms. The van der Waals surface area contributed by atoms with Crippen LogP contribution in [0.5, 0.6) is 0 Å². The first-order chi connectivity index (χ1) is 3.39. The van der Waals surface area contributed by atoms with Gasteiger partial charge in [-0.2, -0.15) is 0 Å². The second-order valence-electron chi connectivity index (χ2n) is 2.69. The van der Waals surface area contributed by atoms with Gasteiger partial charge in [-0.3, -0.25) is 4.90 Å². The quantitative estimate of drug-likeness (QED) is 0.405. The summed E-state index contributed by atoms with van der Waals surface area (Å²) in [6, 6.07) is 1.97. The van der Waals surface area contributed by atoms with Gasteiger partial charge in [0, 0.05) is 12.1 Å². The van der Waals surface area contributed by atoms with E-state index in [4.69, 9.17) is 0 Å². The lowest BCUT2D eigenvalue weighted by atomic mass is 10.2. The minimum absolute atomic E-state index is 0.953. The van der Waals surface area contributed by atoms with Crippen molar-refractivity contribution < 1.29 is 0 Å². The Balaban J connectivity index is 2.06. The molecule has 0 aromatic carbocycles. The molecule has 3 atom stereocenters. The minimum Gasteiger partial charge on any atom is -0.295 e. The van der Waals surface area contributed by atoms with Crippen LogP contribution < -0.4 is 0 Å². The molecule has 0 aromatic heterocycles. The predicted molar refractivity (Wildman–Crippen MR) is 29.2 cm³/mol. The smallest absolute Gasteiger partial charge is 0.0252 e. The predicted octanol–water partition coefficient (Wildman–Crippen LogP) is 0.853. The van der Waals surface area contributed by atoms with Crippen molar-refractivity contribution in [3.05, 3.63) is 0 Å². The monoisotopic (exact) mass is 97.1 g/mol. The highest BCUT2D eigenvalue weighted by atomic mass is 15.4. The highest BCUT2D eigenvalue weighted by molar-refractivity contribution is 5.02. The average molecular weight is 97.2 g/mol. The van der Waals surface area contributed by atoms with Crippen LogP contribution in [0.4, 0.5) is 0 Å². The van der Waals surface area contributed by atoms with Gasteiger partial charge in [-0.15, -0.1) is 0 Å². The van der Waals surface area contributed by atoms with E-state index in [0.29, 0.717) is 0 Å². The standard InChI is InChI=1S/C6H11N/c1-5-6-3-2-4-7(5)6/h5-6H,2-4H2,1H3. The van der Waals surface area contributed by atoms with Gasteiger partial charge in [0.05, 0.1) is 0 Å². The van der Waals surface area contributed by atoms with Crippen molar-refractivity contribution in [1.29, 1.82) is 0 Å². The highest BCUT2D eigenvalue weighted by Crippen LogP contribution is 2.37. The molecule has 1 heteroatoms. The van der Waals surface area contributed by atoms with Gasteiger partial charge in [-0.1, -0.05) is 0 Å². The Kier molecular flexibility index (Phi) is 0.571. The summed E-state index contributed by atoms with van der Waals surface area (Å²) in [7, 11) is 0. The fourth-order valence-electron chi connectivity index (χ4n) is 1.74. The van der Waals surface area contributed by atoms with Gasteiger partial charge in [-0.05, 0) is 26.3 Å². The summed E-state index contributed by atoms with van der Waals surface area (Å²) in [6.07, 6.45) is 2.93. The van der Waals surface area contributed by atoms with Gasteiger partial charge in [0.1, 0.15) is 0 Å². The molecule has 0 bridgehead atoms. The summed E-state index contributed by atoms with van der Waals surface area (Å²) in [5, 5.41) is 0. The molecule has 2 saturated heterocycles. The zero-order chi connectivity index (χ0) is 4.85. The fourth-order valence-corrected chi connectivity index (χ4v) is 1.74. The molecule has 2 rings (SSSR count). The van der Waals surface area contributed by atoms with Crippen molar-refractivity contribution in [2.75, 3.05) is 6.54 Å². The first-order valence-corrected chi connectivity index (χ1v) is 3.15. The summed E-state index contributed by atoms with van der Waals surface area (Å²) in [5.41, 5.74) is 0. The highest BCUT2D eigenvalue weighted by Gasteiger charge is 2.46. The van der Waals surface area contributed by atoms with Gasteiger partial charge in [0.25, 0.3) is 0 Å². The van der Waals surface area contributed by atoms with Crippen LogP contribution >= 0.6 is 0 Å². The molecule has 2 heterocycles. The number of piperidine rings is 1. The van der Waals surface area contributed by atoms with Gasteiger partial charge >= 0.3 is 0 Å². The van der Waals surface area contributed by atoms with Crippen LogP contribution in [0.25, 0.3) is 0 Å². The second kappa shape index (κ2) is 1.03. The Hall–Kier alpha value is -0.0400. The number of rotatable bonds is 0. The third kappa shape index (κ3) is 0.367. The molecule has 1 nitrogen and oxygen atoms in total. The molecule has 0 aliphatic carbocycles. The third-order valence-electron chi connectivity index (χ3n) is 2.33. The SMILES string of the molecule is CC1C2CCCN12. The van der Waals surface area contributed by atoms with E-state index in [1.807, 2.05) is 0 Å². The number of nitrogens with zero attached hydrogens (tertiary/aromatic N) is 1. The van der Waals surface area contributed by atoms with Gasteiger partial charge in [-0.25, -0.2) is 0 Å². The van der Waals surface area contributed by atoms with E-state index in [-0.39, 0.29) is 0 Å². The maximum absolute atomic E-state index is 2.57. The van der Waals surface area contributed by atoms with Crippen LogP contribution in [0.1, 0.15) is 19.8 Å². The Morgan fingerprint density at radius 1 is 1.57 bits per heavy atom. The molecule has 0 spiro atoms. The van der Waals surface area contributed by atoms with Gasteiger partial charge in [0.15, 0.2) is 0 Å². The molecule has 0 N–H and O–H groups in total. The van der Waals surface area contributed by atoms with E-state index in [1.54, 1.807) is 0 Å². The molecule has 0 amide bonds. The largest absolute Gasteiger partial charge is 0.295 e. The molecule has 0 aromatic rings. The van der Waals surface area contributed by atoms with Crippen molar-refractivity contribution in [1.82, 2.24) is 4.90 Å². The van der Waals surface area contributed by atoms with Crippen molar-refractivity contribution in [2.24, 2.45) is 0 Å². The van der Waals surface area contributed by atoms with E-state index in [1.165, 1.54) is 19.4 Å². The number of hydrogen-bond donors (Lipinski definition) is 0. The van der Waals surface area contributed by atoms with E-state index in [0.717, 1.165) is 12.1 Å². The normalized spacial score (nSPS) is 57.0. The summed E-state index contributed by atoms with van der Waals surface area (Å²) in [4.78, 5) is 2.57. The summed E-state index contributed by atoms with van der Waals surface area (Å²) < 4.78 is 0. The van der Waals surface area contributed by atoms with Crippen LogP contribution in [0.2, 0.25) is 0 Å². The first kappa shape index (κ1) is 3.90. The van der Waals surface area contributed by atoms with Gasteiger partial charge < -0.3 is 0 Å². The molecule has 2 aliphatic rings. The lowest BCUT2D eigenvalue weighted by Gasteiger charge is -1.90. The van der Waals surface area contributed by atoms with Crippen molar-refractivity contribution in [2.45, 2.75) is 31.8 Å². The lowest BCUT2D eigenvalue weighted by Crippen LogP contribution is -1.97.